The summed E-state index contributed by atoms with van der Waals surface area (Å²) in [5.74, 6) is 0. The van der Waals surface area contributed by atoms with Crippen LogP contribution in [-0.4, -0.2) is 37.5 Å². The maximum absolute atomic E-state index is 11.5. The van der Waals surface area contributed by atoms with Gasteiger partial charge >= 0.3 is 6.09 Å². The molecule has 17 heavy (non-hydrogen) atoms. The summed E-state index contributed by atoms with van der Waals surface area (Å²) in [6.07, 6.45) is 0.359. The summed E-state index contributed by atoms with van der Waals surface area (Å²) < 4.78 is 5.15. The number of carbonyl (C=O) groups is 1. The molecular weight excluding hydrogens is 234 g/mol. The largest absolute Gasteiger partial charge is 0.444 e. The minimum atomic E-state index is -1.14. The summed E-state index contributed by atoms with van der Waals surface area (Å²) >= 11 is 0. The lowest BCUT2D eigenvalue weighted by atomic mass is 10.2. The van der Waals surface area contributed by atoms with Gasteiger partial charge in [-0.05, 0) is 27.2 Å². The zero-order chi connectivity index (χ0) is 13.7. The van der Waals surface area contributed by atoms with E-state index in [4.69, 9.17) is 4.74 Å². The second kappa shape index (κ2) is 6.40. The Labute approximate surface area is 106 Å². The third-order valence-electron chi connectivity index (χ3n) is 2.18. The molecule has 0 rings (SSSR count). The number of nitrogens with one attached hydrogen (secondary N) is 1. The summed E-state index contributed by atoms with van der Waals surface area (Å²) in [7, 11) is -1.14. The number of rotatable bonds is 5. The number of hydrogen-bond donors (Lipinski definition) is 2. The molecule has 1 unspecified atom stereocenters. The molecule has 4 nitrogen and oxygen atoms in total. The van der Waals surface area contributed by atoms with Crippen molar-refractivity contribution in [3.8, 4) is 0 Å². The zero-order valence-electron chi connectivity index (χ0n) is 12.0. The minimum absolute atomic E-state index is 0.0380. The first-order chi connectivity index (χ1) is 7.53. The molecule has 0 fully saturated rings. The van der Waals surface area contributed by atoms with E-state index in [1.54, 1.807) is 0 Å². The SMILES string of the molecule is CC(C)(C)OC(=O)NC(CO)CC[Si](C)(C)C. The Kier molecular flexibility index (Phi) is 6.19. The fourth-order valence-corrected chi connectivity index (χ4v) is 2.51. The van der Waals surface area contributed by atoms with Gasteiger partial charge < -0.3 is 15.2 Å². The average Bonchev–Trinajstić information content (AvgIpc) is 2.07. The highest BCUT2D eigenvalue weighted by Crippen LogP contribution is 2.13. The van der Waals surface area contributed by atoms with Crippen molar-refractivity contribution in [1.29, 1.82) is 0 Å². The lowest BCUT2D eigenvalue weighted by Crippen LogP contribution is -2.41. The van der Waals surface area contributed by atoms with E-state index < -0.39 is 19.8 Å². The summed E-state index contributed by atoms with van der Waals surface area (Å²) in [6, 6.07) is 0.880. The highest BCUT2D eigenvalue weighted by Gasteiger charge is 2.21. The first-order valence-corrected chi connectivity index (χ1v) is 9.84. The summed E-state index contributed by atoms with van der Waals surface area (Å²) in [5.41, 5.74) is -0.497. The van der Waals surface area contributed by atoms with Crippen molar-refractivity contribution in [1.82, 2.24) is 5.32 Å². The molecule has 0 aliphatic heterocycles. The van der Waals surface area contributed by atoms with E-state index in [2.05, 4.69) is 25.0 Å². The van der Waals surface area contributed by atoms with Crippen molar-refractivity contribution in [2.24, 2.45) is 0 Å². The van der Waals surface area contributed by atoms with Crippen molar-refractivity contribution >= 4 is 14.2 Å². The highest BCUT2D eigenvalue weighted by atomic mass is 28.3. The molecule has 1 amide bonds. The average molecular weight is 261 g/mol. The molecule has 0 aromatic carbocycles. The van der Waals surface area contributed by atoms with Gasteiger partial charge in [-0.3, -0.25) is 0 Å². The van der Waals surface area contributed by atoms with Crippen LogP contribution in [0.1, 0.15) is 27.2 Å². The summed E-state index contributed by atoms with van der Waals surface area (Å²) in [6.45, 7) is 12.2. The second-order valence-electron chi connectivity index (χ2n) is 6.63. The fourth-order valence-electron chi connectivity index (χ4n) is 1.29. The monoisotopic (exact) mass is 261 g/mol. The van der Waals surface area contributed by atoms with Crippen molar-refractivity contribution in [2.75, 3.05) is 6.61 Å². The summed E-state index contributed by atoms with van der Waals surface area (Å²) in [5, 5.41) is 11.9. The smallest absolute Gasteiger partial charge is 0.407 e. The number of aliphatic hydroxyl groups is 1. The minimum Gasteiger partial charge on any atom is -0.444 e. The Hall–Kier alpha value is -0.553. The van der Waals surface area contributed by atoms with Crippen LogP contribution in [-0.2, 0) is 4.74 Å². The van der Waals surface area contributed by atoms with Crippen molar-refractivity contribution < 1.29 is 14.6 Å². The standard InChI is InChI=1S/C12H27NO3Si/c1-12(2,3)16-11(15)13-10(9-14)7-8-17(4,5)6/h10,14H,7-9H2,1-6H3,(H,13,15). The Balaban J connectivity index is 4.09. The maximum Gasteiger partial charge on any atom is 0.407 e. The highest BCUT2D eigenvalue weighted by molar-refractivity contribution is 6.76. The van der Waals surface area contributed by atoms with Gasteiger partial charge in [0.15, 0.2) is 0 Å². The van der Waals surface area contributed by atoms with Gasteiger partial charge in [0.1, 0.15) is 5.60 Å². The van der Waals surface area contributed by atoms with Gasteiger partial charge in [-0.2, -0.15) is 0 Å². The molecule has 0 saturated heterocycles. The number of aliphatic hydroxyl groups excluding tert-OH is 1. The number of ether oxygens (including phenoxy) is 1. The molecular formula is C12H27NO3Si. The third-order valence-corrected chi connectivity index (χ3v) is 3.97. The quantitative estimate of drug-likeness (QED) is 0.748. The van der Waals surface area contributed by atoms with E-state index in [0.29, 0.717) is 0 Å². The molecule has 0 aromatic rings. The van der Waals surface area contributed by atoms with Crippen molar-refractivity contribution in [3.63, 3.8) is 0 Å². The van der Waals surface area contributed by atoms with Crippen LogP contribution in [0.2, 0.25) is 25.7 Å². The van der Waals surface area contributed by atoms with Crippen LogP contribution >= 0.6 is 0 Å². The van der Waals surface area contributed by atoms with Gasteiger partial charge in [-0.1, -0.05) is 25.7 Å². The number of amides is 1. The van der Waals surface area contributed by atoms with E-state index in [9.17, 15) is 9.90 Å². The molecule has 0 heterocycles. The molecule has 0 saturated carbocycles. The first-order valence-electron chi connectivity index (χ1n) is 6.14. The van der Waals surface area contributed by atoms with E-state index in [0.717, 1.165) is 12.5 Å². The maximum atomic E-state index is 11.5. The first kappa shape index (κ1) is 16.4. The third kappa shape index (κ3) is 10.3. The fraction of sp³-hybridized carbons (Fsp3) is 0.917. The molecule has 0 aliphatic rings. The van der Waals surface area contributed by atoms with Crippen LogP contribution in [0.3, 0.4) is 0 Å². The van der Waals surface area contributed by atoms with E-state index in [1.807, 2.05) is 20.8 Å². The van der Waals surface area contributed by atoms with Gasteiger partial charge in [-0.15, -0.1) is 0 Å². The molecule has 0 aliphatic carbocycles. The van der Waals surface area contributed by atoms with Crippen molar-refractivity contribution in [2.45, 2.75) is 64.5 Å². The number of hydrogen-bond acceptors (Lipinski definition) is 3. The van der Waals surface area contributed by atoms with Crippen LogP contribution in [0.15, 0.2) is 0 Å². The lowest BCUT2D eigenvalue weighted by molar-refractivity contribution is 0.0481. The Morgan fingerprint density at radius 3 is 2.24 bits per heavy atom. The Morgan fingerprint density at radius 1 is 1.35 bits per heavy atom. The van der Waals surface area contributed by atoms with Crippen LogP contribution in [0.5, 0.6) is 0 Å². The van der Waals surface area contributed by atoms with Gasteiger partial charge in [0.2, 0.25) is 0 Å². The molecule has 1 atom stereocenters. The van der Waals surface area contributed by atoms with Crippen molar-refractivity contribution in [3.05, 3.63) is 0 Å². The van der Waals surface area contributed by atoms with Crippen LogP contribution in [0.4, 0.5) is 4.79 Å². The molecule has 0 spiro atoms. The second-order valence-corrected chi connectivity index (χ2v) is 12.2. The Bertz CT molecular complexity index is 243. The van der Waals surface area contributed by atoms with Gasteiger partial charge in [0.05, 0.1) is 12.6 Å². The molecule has 0 bridgehead atoms. The predicted molar refractivity (Wildman–Crippen MR) is 73.0 cm³/mol. The normalized spacial score (nSPS) is 14.3. The Morgan fingerprint density at radius 2 is 1.88 bits per heavy atom. The summed E-state index contributed by atoms with van der Waals surface area (Å²) in [4.78, 5) is 11.5. The topological polar surface area (TPSA) is 58.6 Å². The number of alkyl carbamates (subject to hydrolysis) is 1. The van der Waals surface area contributed by atoms with Gasteiger partial charge in [0, 0.05) is 8.07 Å². The zero-order valence-corrected chi connectivity index (χ0v) is 13.0. The predicted octanol–water partition coefficient (Wildman–Crippen LogP) is 2.60. The van der Waals surface area contributed by atoms with Crippen LogP contribution in [0.25, 0.3) is 0 Å². The molecule has 0 radical (unpaired) electrons. The van der Waals surface area contributed by atoms with E-state index in [1.165, 1.54) is 0 Å². The number of carbonyl (C=O) groups excluding carboxylic acids is 1. The lowest BCUT2D eigenvalue weighted by Gasteiger charge is -2.24. The molecule has 2 N–H and O–H groups in total. The van der Waals surface area contributed by atoms with Gasteiger partial charge in [0.25, 0.3) is 0 Å². The van der Waals surface area contributed by atoms with Gasteiger partial charge in [-0.25, -0.2) is 4.79 Å². The van der Waals surface area contributed by atoms with Crippen LogP contribution in [0, 0.1) is 0 Å². The molecule has 102 valence electrons. The van der Waals surface area contributed by atoms with E-state index >= 15 is 0 Å². The van der Waals surface area contributed by atoms with Crippen LogP contribution < -0.4 is 5.32 Å². The molecule has 0 aromatic heterocycles. The van der Waals surface area contributed by atoms with E-state index in [-0.39, 0.29) is 12.6 Å². The molecule has 5 heteroatoms.